The Labute approximate surface area is 67.8 Å². The summed E-state index contributed by atoms with van der Waals surface area (Å²) >= 11 is 3.19. The molecule has 2 bridgehead atoms. The molecule has 58 valence electrons. The predicted molar refractivity (Wildman–Crippen MR) is 37.6 cm³/mol. The van der Waals surface area contributed by atoms with E-state index in [2.05, 4.69) is 22.9 Å². The van der Waals surface area contributed by atoms with E-state index in [0.29, 0.717) is 19.8 Å². The van der Waals surface area contributed by atoms with E-state index in [4.69, 9.17) is 14.2 Å². The van der Waals surface area contributed by atoms with Crippen molar-refractivity contribution in [1.82, 2.24) is 0 Å². The summed E-state index contributed by atoms with van der Waals surface area (Å²) in [6.45, 7) is 4.20. The number of rotatable bonds is 0. The van der Waals surface area contributed by atoms with Gasteiger partial charge in [0.1, 0.15) is 0 Å². The molecule has 0 aromatic rings. The summed E-state index contributed by atoms with van der Waals surface area (Å²) in [5, 5.41) is 0. The molecule has 0 unspecified atom stereocenters. The molecule has 3 saturated heterocycles. The van der Waals surface area contributed by atoms with Crippen LogP contribution in [0, 0.1) is 5.41 Å². The summed E-state index contributed by atoms with van der Waals surface area (Å²) in [5.74, 6) is 0. The monoisotopic (exact) mass is 208 g/mol. The van der Waals surface area contributed by atoms with E-state index in [9.17, 15) is 0 Å². The molecular weight excluding hydrogens is 200 g/mol. The van der Waals surface area contributed by atoms with Crippen molar-refractivity contribution in [2.75, 3.05) is 19.8 Å². The fourth-order valence-electron chi connectivity index (χ4n) is 1.03. The van der Waals surface area contributed by atoms with Gasteiger partial charge in [-0.3, -0.25) is 0 Å². The van der Waals surface area contributed by atoms with Crippen molar-refractivity contribution >= 4 is 15.9 Å². The summed E-state index contributed by atoms with van der Waals surface area (Å²) in [5.41, 5.74) is 0.0650. The van der Waals surface area contributed by atoms with Gasteiger partial charge in [0.2, 0.25) is 0 Å². The van der Waals surface area contributed by atoms with Gasteiger partial charge in [0, 0.05) is 21.3 Å². The highest BCUT2D eigenvalue weighted by molar-refractivity contribution is 9.09. The maximum absolute atomic E-state index is 5.24. The van der Waals surface area contributed by atoms with Gasteiger partial charge >= 0.3 is 4.88 Å². The molecule has 0 spiro atoms. The van der Waals surface area contributed by atoms with E-state index in [-0.39, 0.29) is 5.41 Å². The van der Waals surface area contributed by atoms with Crippen LogP contribution in [0.4, 0.5) is 0 Å². The van der Waals surface area contributed by atoms with E-state index in [1.54, 1.807) is 0 Å². The minimum atomic E-state index is -0.926. The number of ether oxygens (including phenoxy) is 3. The molecule has 3 aliphatic heterocycles. The number of alkyl halides is 1. The van der Waals surface area contributed by atoms with E-state index in [1.165, 1.54) is 0 Å². The van der Waals surface area contributed by atoms with Crippen LogP contribution >= 0.6 is 15.9 Å². The van der Waals surface area contributed by atoms with Crippen molar-refractivity contribution in [1.29, 1.82) is 0 Å². The van der Waals surface area contributed by atoms with Gasteiger partial charge in [-0.1, -0.05) is 6.92 Å². The second-order valence-corrected chi connectivity index (χ2v) is 4.13. The number of hydrogen-bond donors (Lipinski definition) is 0. The van der Waals surface area contributed by atoms with E-state index >= 15 is 0 Å². The molecule has 0 aliphatic carbocycles. The highest BCUT2D eigenvalue weighted by Crippen LogP contribution is 2.40. The van der Waals surface area contributed by atoms with Gasteiger partial charge < -0.3 is 14.2 Å². The van der Waals surface area contributed by atoms with Crippen molar-refractivity contribution < 1.29 is 14.2 Å². The third kappa shape index (κ3) is 0.993. The van der Waals surface area contributed by atoms with Crippen LogP contribution in [0.25, 0.3) is 0 Å². The van der Waals surface area contributed by atoms with Crippen LogP contribution < -0.4 is 0 Å². The molecule has 0 N–H and O–H groups in total. The van der Waals surface area contributed by atoms with Crippen molar-refractivity contribution in [3.8, 4) is 0 Å². The van der Waals surface area contributed by atoms with Crippen LogP contribution in [0.1, 0.15) is 6.92 Å². The lowest BCUT2D eigenvalue weighted by molar-refractivity contribution is -0.411. The first-order valence-electron chi connectivity index (χ1n) is 3.23. The van der Waals surface area contributed by atoms with E-state index in [0.717, 1.165) is 0 Å². The SMILES string of the molecule is CC12COC(Br)(OC1)OC2. The Morgan fingerprint density at radius 1 is 1.10 bits per heavy atom. The number of halogens is 1. The summed E-state index contributed by atoms with van der Waals surface area (Å²) in [4.78, 5) is -0.926. The summed E-state index contributed by atoms with van der Waals surface area (Å²) < 4.78 is 15.7. The standard InChI is InChI=1S/C6H9BrO3/c1-5-2-8-6(7,9-3-5)10-4-5/h2-4H2,1H3. The molecule has 0 radical (unpaired) electrons. The Hall–Kier alpha value is 0.360. The second kappa shape index (κ2) is 1.94. The van der Waals surface area contributed by atoms with Crippen molar-refractivity contribution in [3.05, 3.63) is 0 Å². The molecule has 0 saturated carbocycles. The number of fused-ring (bicyclic) bond motifs is 3. The van der Waals surface area contributed by atoms with Gasteiger partial charge in [-0.2, -0.15) is 0 Å². The molecule has 3 rings (SSSR count). The molecule has 4 heteroatoms. The highest BCUT2D eigenvalue weighted by atomic mass is 79.9. The zero-order chi connectivity index (χ0) is 7.24. The summed E-state index contributed by atoms with van der Waals surface area (Å²) in [6, 6.07) is 0. The molecule has 10 heavy (non-hydrogen) atoms. The molecule has 0 atom stereocenters. The zero-order valence-electron chi connectivity index (χ0n) is 5.72. The van der Waals surface area contributed by atoms with Crippen LogP contribution in [0.3, 0.4) is 0 Å². The Balaban J connectivity index is 2.16. The largest absolute Gasteiger partial charge is 0.344 e. The predicted octanol–water partition coefficient (Wildman–Crippen LogP) is 1.08. The Morgan fingerprint density at radius 3 is 1.80 bits per heavy atom. The van der Waals surface area contributed by atoms with Gasteiger partial charge in [0.25, 0.3) is 0 Å². The fraction of sp³-hybridized carbons (Fsp3) is 1.00. The number of hydrogen-bond acceptors (Lipinski definition) is 3. The van der Waals surface area contributed by atoms with Crippen LogP contribution in [-0.4, -0.2) is 24.7 Å². The van der Waals surface area contributed by atoms with Crippen molar-refractivity contribution in [2.24, 2.45) is 5.41 Å². The average Bonchev–Trinajstić information content (AvgIpc) is 1.93. The smallest absolute Gasteiger partial charge is 0.318 e. The quantitative estimate of drug-likeness (QED) is 0.558. The van der Waals surface area contributed by atoms with Crippen molar-refractivity contribution in [2.45, 2.75) is 11.8 Å². The average molecular weight is 209 g/mol. The normalized spacial score (nSPS) is 53.4. The third-order valence-corrected chi connectivity index (χ3v) is 2.47. The second-order valence-electron chi connectivity index (χ2n) is 3.16. The minimum Gasteiger partial charge on any atom is -0.318 e. The molecule has 3 nitrogen and oxygen atoms in total. The Kier molecular flexibility index (Phi) is 1.36. The zero-order valence-corrected chi connectivity index (χ0v) is 7.31. The topological polar surface area (TPSA) is 27.7 Å². The summed E-state index contributed by atoms with van der Waals surface area (Å²) in [6.07, 6.45) is 0. The van der Waals surface area contributed by atoms with Gasteiger partial charge in [-0.25, -0.2) is 0 Å². The third-order valence-electron chi connectivity index (χ3n) is 1.78. The lowest BCUT2D eigenvalue weighted by Gasteiger charge is -2.47. The van der Waals surface area contributed by atoms with E-state index < -0.39 is 4.88 Å². The van der Waals surface area contributed by atoms with Crippen LogP contribution in [0.5, 0.6) is 0 Å². The molecule has 3 heterocycles. The molecular formula is C6H9BrO3. The fourth-order valence-corrected chi connectivity index (χ4v) is 1.37. The van der Waals surface area contributed by atoms with Crippen LogP contribution in [0.15, 0.2) is 0 Å². The van der Waals surface area contributed by atoms with Gasteiger partial charge in [-0.05, 0) is 0 Å². The maximum atomic E-state index is 5.24. The van der Waals surface area contributed by atoms with Crippen LogP contribution in [0.2, 0.25) is 0 Å². The van der Waals surface area contributed by atoms with Gasteiger partial charge in [-0.15, -0.1) is 0 Å². The molecule has 3 aliphatic rings. The molecule has 0 aromatic carbocycles. The summed E-state index contributed by atoms with van der Waals surface area (Å²) in [7, 11) is 0. The Morgan fingerprint density at radius 2 is 1.50 bits per heavy atom. The first-order chi connectivity index (χ1) is 4.62. The highest BCUT2D eigenvalue weighted by Gasteiger charge is 2.48. The van der Waals surface area contributed by atoms with Crippen molar-refractivity contribution in [3.63, 3.8) is 0 Å². The first-order valence-corrected chi connectivity index (χ1v) is 4.02. The molecule has 0 amide bonds. The van der Waals surface area contributed by atoms with Gasteiger partial charge in [0.15, 0.2) is 0 Å². The molecule has 3 fully saturated rings. The van der Waals surface area contributed by atoms with Crippen LogP contribution in [-0.2, 0) is 14.2 Å². The minimum absolute atomic E-state index is 0.0650. The van der Waals surface area contributed by atoms with E-state index in [1.807, 2.05) is 0 Å². The molecule has 0 aromatic heterocycles. The van der Waals surface area contributed by atoms with Gasteiger partial charge in [0.05, 0.1) is 19.8 Å². The lowest BCUT2D eigenvalue weighted by Crippen LogP contribution is -2.55. The first kappa shape index (κ1) is 7.03. The lowest BCUT2D eigenvalue weighted by atomic mass is 9.93. The Bertz CT molecular complexity index is 117. The maximum Gasteiger partial charge on any atom is 0.344 e.